The largest absolute Gasteiger partial charge is 0.342 e. The molecule has 0 aliphatic rings. The Morgan fingerprint density at radius 2 is 2.00 bits per heavy atom. The highest BCUT2D eigenvalue weighted by Gasteiger charge is 2.23. The summed E-state index contributed by atoms with van der Waals surface area (Å²) in [5, 5.41) is 0. The van der Waals surface area contributed by atoms with Crippen LogP contribution >= 0.6 is 0 Å². The first-order valence-corrected chi connectivity index (χ1v) is 6.54. The highest BCUT2D eigenvalue weighted by molar-refractivity contribution is 5.76. The molecule has 0 bridgehead atoms. The van der Waals surface area contributed by atoms with Crippen LogP contribution < -0.4 is 0 Å². The minimum Gasteiger partial charge on any atom is -0.342 e. The number of rotatable bonds is 3. The number of nitrogens with zero attached hydrogens (tertiary/aromatic N) is 1. The number of imidazole rings is 1. The summed E-state index contributed by atoms with van der Waals surface area (Å²) in [4.78, 5) is 7.71. The maximum Gasteiger partial charge on any atom is 0.129 e. The molecule has 2 aromatic rings. The van der Waals surface area contributed by atoms with E-state index in [1.165, 1.54) is 0 Å². The Morgan fingerprint density at radius 1 is 1.33 bits per heavy atom. The van der Waals surface area contributed by atoms with Crippen molar-refractivity contribution in [2.75, 3.05) is 0 Å². The van der Waals surface area contributed by atoms with E-state index in [1.54, 1.807) is 6.07 Å². The van der Waals surface area contributed by atoms with E-state index in [0.29, 0.717) is 11.4 Å². The molecule has 1 aromatic heterocycles. The van der Waals surface area contributed by atoms with Gasteiger partial charge in [-0.25, -0.2) is 9.37 Å². The second kappa shape index (κ2) is 4.38. The zero-order chi connectivity index (χ0) is 13.5. The van der Waals surface area contributed by atoms with Gasteiger partial charge in [-0.3, -0.25) is 0 Å². The first-order valence-electron chi connectivity index (χ1n) is 6.54. The highest BCUT2D eigenvalue weighted by atomic mass is 19.1. The molecular formula is C15H21FN2. The van der Waals surface area contributed by atoms with Gasteiger partial charge in [-0.2, -0.15) is 0 Å². The second-order valence-electron chi connectivity index (χ2n) is 5.86. The average Bonchev–Trinajstić information content (AvgIpc) is 2.70. The van der Waals surface area contributed by atoms with E-state index in [2.05, 4.69) is 44.6 Å². The Kier molecular flexibility index (Phi) is 3.18. The predicted octanol–water partition coefficient (Wildman–Crippen LogP) is 4.51. The fraction of sp³-hybridized carbons (Fsp3) is 0.533. The third-order valence-corrected chi connectivity index (χ3v) is 3.75. The number of aromatic nitrogens is 2. The summed E-state index contributed by atoms with van der Waals surface area (Å²) >= 11 is 0. The standard InChI is InChI=1S/C15H21FN2/c1-6-15(4,5)10-7-12-13(8-11(10)16)18-14(17-12)9(2)3/h7-9H,6H2,1-5H3,(H,17,18). The monoisotopic (exact) mass is 248 g/mol. The van der Waals surface area contributed by atoms with Crippen LogP contribution in [0.25, 0.3) is 11.0 Å². The van der Waals surface area contributed by atoms with Crippen LogP contribution in [0.4, 0.5) is 4.39 Å². The predicted molar refractivity (Wildman–Crippen MR) is 73.5 cm³/mol. The Morgan fingerprint density at radius 3 is 2.56 bits per heavy atom. The van der Waals surface area contributed by atoms with Crippen LogP contribution in [-0.4, -0.2) is 9.97 Å². The number of halogens is 1. The minimum atomic E-state index is -0.156. The summed E-state index contributed by atoms with van der Waals surface area (Å²) < 4.78 is 14.2. The van der Waals surface area contributed by atoms with Gasteiger partial charge in [0, 0.05) is 12.0 Å². The lowest BCUT2D eigenvalue weighted by Gasteiger charge is -2.23. The summed E-state index contributed by atoms with van der Waals surface area (Å²) in [6.45, 7) is 10.4. The summed E-state index contributed by atoms with van der Waals surface area (Å²) in [6.07, 6.45) is 0.903. The van der Waals surface area contributed by atoms with Gasteiger partial charge in [0.25, 0.3) is 0 Å². The van der Waals surface area contributed by atoms with Gasteiger partial charge in [0.15, 0.2) is 0 Å². The molecule has 1 aromatic carbocycles. The molecule has 0 unspecified atom stereocenters. The second-order valence-corrected chi connectivity index (χ2v) is 5.86. The highest BCUT2D eigenvalue weighted by Crippen LogP contribution is 2.31. The number of aromatic amines is 1. The molecular weight excluding hydrogens is 227 g/mol. The number of fused-ring (bicyclic) bond motifs is 1. The van der Waals surface area contributed by atoms with Crippen molar-refractivity contribution >= 4 is 11.0 Å². The molecule has 2 nitrogen and oxygen atoms in total. The molecule has 0 spiro atoms. The topological polar surface area (TPSA) is 28.7 Å². The Bertz CT molecular complexity index is 567. The fourth-order valence-corrected chi connectivity index (χ4v) is 2.03. The van der Waals surface area contributed by atoms with E-state index in [-0.39, 0.29) is 11.2 Å². The van der Waals surface area contributed by atoms with Gasteiger partial charge in [-0.1, -0.05) is 34.6 Å². The van der Waals surface area contributed by atoms with Crippen LogP contribution in [0.1, 0.15) is 58.3 Å². The smallest absolute Gasteiger partial charge is 0.129 e. The number of hydrogen-bond donors (Lipinski definition) is 1. The third-order valence-electron chi connectivity index (χ3n) is 3.75. The number of nitrogens with one attached hydrogen (secondary N) is 1. The molecule has 0 saturated carbocycles. The summed E-state index contributed by atoms with van der Waals surface area (Å²) in [5.74, 6) is 1.08. The van der Waals surface area contributed by atoms with Gasteiger partial charge in [-0.05, 0) is 23.5 Å². The van der Waals surface area contributed by atoms with Crippen LogP contribution in [0.15, 0.2) is 12.1 Å². The van der Waals surface area contributed by atoms with Crippen molar-refractivity contribution in [3.05, 3.63) is 29.3 Å². The molecule has 98 valence electrons. The molecule has 0 radical (unpaired) electrons. The maximum absolute atomic E-state index is 14.2. The Labute approximate surface area is 108 Å². The van der Waals surface area contributed by atoms with Crippen LogP contribution in [0.2, 0.25) is 0 Å². The lowest BCUT2D eigenvalue weighted by molar-refractivity contribution is 0.470. The molecule has 0 aliphatic heterocycles. The van der Waals surface area contributed by atoms with E-state index in [4.69, 9.17) is 0 Å². The van der Waals surface area contributed by atoms with Crippen molar-refractivity contribution in [3.8, 4) is 0 Å². The molecule has 0 atom stereocenters. The van der Waals surface area contributed by atoms with Crippen molar-refractivity contribution in [2.24, 2.45) is 0 Å². The molecule has 1 heterocycles. The third kappa shape index (κ3) is 2.14. The first kappa shape index (κ1) is 13.1. The molecule has 2 rings (SSSR count). The average molecular weight is 248 g/mol. The minimum absolute atomic E-state index is 0.151. The van der Waals surface area contributed by atoms with Crippen LogP contribution in [-0.2, 0) is 5.41 Å². The van der Waals surface area contributed by atoms with Crippen LogP contribution in [0, 0.1) is 5.82 Å². The molecule has 0 fully saturated rings. The van der Waals surface area contributed by atoms with E-state index in [9.17, 15) is 4.39 Å². The molecule has 0 amide bonds. The number of hydrogen-bond acceptors (Lipinski definition) is 1. The van der Waals surface area contributed by atoms with Crippen molar-refractivity contribution in [1.29, 1.82) is 0 Å². The molecule has 1 N–H and O–H groups in total. The molecule has 3 heteroatoms. The number of benzene rings is 1. The zero-order valence-electron chi connectivity index (χ0n) is 11.8. The summed E-state index contributed by atoms with van der Waals surface area (Å²) in [6, 6.07) is 3.46. The SMILES string of the molecule is CCC(C)(C)c1cc2[nH]c(C(C)C)nc2cc1F. The fourth-order valence-electron chi connectivity index (χ4n) is 2.03. The van der Waals surface area contributed by atoms with Crippen LogP contribution in [0.5, 0.6) is 0 Å². The van der Waals surface area contributed by atoms with Crippen LogP contribution in [0.3, 0.4) is 0 Å². The maximum atomic E-state index is 14.2. The summed E-state index contributed by atoms with van der Waals surface area (Å²) in [7, 11) is 0. The van der Waals surface area contributed by atoms with Crippen molar-refractivity contribution in [3.63, 3.8) is 0 Å². The van der Waals surface area contributed by atoms with E-state index in [0.717, 1.165) is 23.3 Å². The molecule has 18 heavy (non-hydrogen) atoms. The van der Waals surface area contributed by atoms with Gasteiger partial charge in [0.1, 0.15) is 11.6 Å². The van der Waals surface area contributed by atoms with Crippen molar-refractivity contribution in [2.45, 2.75) is 52.4 Å². The lowest BCUT2D eigenvalue weighted by atomic mass is 9.82. The van der Waals surface area contributed by atoms with Gasteiger partial charge >= 0.3 is 0 Å². The van der Waals surface area contributed by atoms with E-state index < -0.39 is 0 Å². The molecule has 0 aliphatic carbocycles. The van der Waals surface area contributed by atoms with Gasteiger partial charge in [0.05, 0.1) is 11.0 Å². The molecule has 0 saturated heterocycles. The normalized spacial score (nSPS) is 12.6. The quantitative estimate of drug-likeness (QED) is 0.850. The van der Waals surface area contributed by atoms with Gasteiger partial charge < -0.3 is 4.98 Å². The Balaban J connectivity index is 2.61. The zero-order valence-corrected chi connectivity index (χ0v) is 11.8. The van der Waals surface area contributed by atoms with E-state index in [1.807, 2.05) is 6.07 Å². The van der Waals surface area contributed by atoms with Gasteiger partial charge in [-0.15, -0.1) is 0 Å². The lowest BCUT2D eigenvalue weighted by Crippen LogP contribution is -2.17. The van der Waals surface area contributed by atoms with Gasteiger partial charge in [0.2, 0.25) is 0 Å². The van der Waals surface area contributed by atoms with Crippen molar-refractivity contribution in [1.82, 2.24) is 9.97 Å². The van der Waals surface area contributed by atoms with E-state index >= 15 is 0 Å². The summed E-state index contributed by atoms with van der Waals surface area (Å²) in [5.41, 5.74) is 2.25. The van der Waals surface area contributed by atoms with Crippen molar-refractivity contribution < 1.29 is 4.39 Å². The Hall–Kier alpha value is -1.38. The first-order chi connectivity index (χ1) is 8.35. The number of H-pyrrole nitrogens is 1.